The Bertz CT molecular complexity index is 614. The Hall–Kier alpha value is -1.38. The van der Waals surface area contributed by atoms with Crippen LogP contribution in [0, 0.1) is 5.41 Å². The van der Waals surface area contributed by atoms with Crippen molar-refractivity contribution in [3.63, 3.8) is 0 Å². The predicted octanol–water partition coefficient (Wildman–Crippen LogP) is 0.469. The number of fused-ring (bicyclic) bond motifs is 1. The highest BCUT2D eigenvalue weighted by atomic mass is 32.2. The normalized spacial score (nSPS) is 12.9. The lowest BCUT2D eigenvalue weighted by atomic mass is 10.2. The lowest BCUT2D eigenvalue weighted by molar-refractivity contribution is 0.0993. The molecule has 2 heterocycles. The van der Waals surface area contributed by atoms with Crippen molar-refractivity contribution in [3.05, 3.63) is 11.3 Å². The van der Waals surface area contributed by atoms with Gasteiger partial charge >= 0.3 is 4.34 Å². The molecule has 2 aromatic rings. The molecule has 1 amide bonds. The Balaban J connectivity index is 2.81. The average molecular weight is 270 g/mol. The molecule has 0 radical (unpaired) electrons. The van der Waals surface area contributed by atoms with Crippen molar-refractivity contribution in [2.45, 2.75) is 4.34 Å². The van der Waals surface area contributed by atoms with Crippen LogP contribution in [-0.2, 0) is 18.2 Å². The highest BCUT2D eigenvalue weighted by Gasteiger charge is 2.23. The molecular weight excluding hydrogens is 260 g/mol. The number of aromatic nitrogens is 2. The zero-order valence-corrected chi connectivity index (χ0v) is 10.8. The highest BCUT2D eigenvalue weighted by Crippen LogP contribution is 2.31. The molecule has 0 bridgehead atoms. The Labute approximate surface area is 104 Å². The van der Waals surface area contributed by atoms with Gasteiger partial charge in [0.15, 0.2) is 5.65 Å². The third-order valence-electron chi connectivity index (χ3n) is 2.37. The molecule has 2 aromatic heterocycles. The minimum absolute atomic E-state index is 0.252. The van der Waals surface area contributed by atoms with Crippen molar-refractivity contribution >= 4 is 45.0 Å². The van der Waals surface area contributed by atoms with Crippen molar-refractivity contribution in [3.8, 4) is 0 Å². The molecule has 90 valence electrons. The molecule has 0 saturated heterocycles. The molecule has 1 unspecified atom stereocenters. The van der Waals surface area contributed by atoms with Gasteiger partial charge in [-0.25, -0.2) is 0 Å². The first-order valence-corrected chi connectivity index (χ1v) is 6.97. The van der Waals surface area contributed by atoms with Crippen molar-refractivity contribution < 1.29 is 9.35 Å². The first-order valence-electron chi connectivity index (χ1n) is 4.60. The summed E-state index contributed by atoms with van der Waals surface area (Å²) in [5, 5.41) is 7.35. The summed E-state index contributed by atoms with van der Waals surface area (Å²) in [5.74, 6) is -0.602. The summed E-state index contributed by atoms with van der Waals surface area (Å²) in [6, 6.07) is 0. The van der Waals surface area contributed by atoms with Gasteiger partial charge in [-0.15, -0.1) is 0 Å². The fraction of sp³-hybridized carbons (Fsp3) is 0.222. The molecule has 0 aromatic carbocycles. The van der Waals surface area contributed by atoms with Crippen LogP contribution in [0.15, 0.2) is 4.34 Å². The zero-order valence-electron chi connectivity index (χ0n) is 9.18. The fourth-order valence-electron chi connectivity index (χ4n) is 1.64. The van der Waals surface area contributed by atoms with E-state index < -0.39 is 17.1 Å². The molecule has 0 aliphatic carbocycles. The number of nitrogens with one attached hydrogen (secondary N) is 1. The molecule has 17 heavy (non-hydrogen) atoms. The van der Waals surface area contributed by atoms with E-state index in [0.717, 1.165) is 6.21 Å². The van der Waals surface area contributed by atoms with Gasteiger partial charge in [0.05, 0.1) is 4.70 Å². The number of primary amides is 1. The van der Waals surface area contributed by atoms with Crippen molar-refractivity contribution in [2.75, 3.05) is 6.26 Å². The van der Waals surface area contributed by atoms with Crippen LogP contribution >= 0.6 is 11.3 Å². The van der Waals surface area contributed by atoms with Crippen LogP contribution in [0.1, 0.15) is 16.1 Å². The molecule has 6 nitrogen and oxygen atoms in total. The van der Waals surface area contributed by atoms with Gasteiger partial charge in [0.1, 0.15) is 11.9 Å². The van der Waals surface area contributed by atoms with Gasteiger partial charge in [-0.3, -0.25) is 4.79 Å². The van der Waals surface area contributed by atoms with Gasteiger partial charge < -0.3 is 20.3 Å². The van der Waals surface area contributed by atoms with Gasteiger partial charge in [-0.2, -0.15) is 4.98 Å². The SMILES string of the molecule is Cn1c(C(N)=O)c(C=N)c2sc([S+](C)[O-])nc21. The molecular formula is C9H10N4O2S2. The summed E-state index contributed by atoms with van der Waals surface area (Å²) in [7, 11) is 1.65. The van der Waals surface area contributed by atoms with Crippen LogP contribution < -0.4 is 5.73 Å². The number of carbonyl (C=O) groups excluding carboxylic acids is 1. The smallest absolute Gasteiger partial charge is 0.303 e. The molecule has 0 aliphatic heterocycles. The van der Waals surface area contributed by atoms with E-state index in [1.54, 1.807) is 7.05 Å². The summed E-state index contributed by atoms with van der Waals surface area (Å²) in [6.07, 6.45) is 2.61. The van der Waals surface area contributed by atoms with Gasteiger partial charge in [0.25, 0.3) is 5.91 Å². The highest BCUT2D eigenvalue weighted by molar-refractivity contribution is 7.92. The van der Waals surface area contributed by atoms with E-state index in [1.807, 2.05) is 0 Å². The Morgan fingerprint density at radius 3 is 2.82 bits per heavy atom. The maximum absolute atomic E-state index is 11.3. The van der Waals surface area contributed by atoms with E-state index in [9.17, 15) is 9.35 Å². The Morgan fingerprint density at radius 1 is 1.71 bits per heavy atom. The second kappa shape index (κ2) is 4.13. The number of hydrogen-bond acceptors (Lipinski definition) is 5. The minimum atomic E-state index is -1.17. The summed E-state index contributed by atoms with van der Waals surface area (Å²) in [5.41, 5.74) is 6.49. The molecule has 3 N–H and O–H groups in total. The molecule has 0 spiro atoms. The number of hydrogen-bond donors (Lipinski definition) is 2. The number of nitrogens with zero attached hydrogens (tertiary/aromatic N) is 2. The summed E-state index contributed by atoms with van der Waals surface area (Å²) in [4.78, 5) is 15.5. The van der Waals surface area contributed by atoms with Crippen LogP contribution in [0.2, 0.25) is 0 Å². The fourth-order valence-corrected chi connectivity index (χ4v) is 3.43. The number of amides is 1. The van der Waals surface area contributed by atoms with Gasteiger partial charge in [-0.05, 0) is 0 Å². The standard InChI is InChI=1S/C9H10N4O2S2/c1-13-5(7(11)14)4(3-10)6-8(13)12-9(16-6)17(2)15/h3,10H,1-2H3,(H2,11,14). The summed E-state index contributed by atoms with van der Waals surface area (Å²) >= 11 is 0.0448. The number of carbonyl (C=O) groups is 1. The van der Waals surface area contributed by atoms with Gasteiger partial charge in [0.2, 0.25) is 0 Å². The lowest BCUT2D eigenvalue weighted by Gasteiger charge is -2.00. The third kappa shape index (κ3) is 1.74. The van der Waals surface area contributed by atoms with Crippen LogP contribution in [0.5, 0.6) is 0 Å². The van der Waals surface area contributed by atoms with E-state index in [0.29, 0.717) is 20.3 Å². The zero-order chi connectivity index (χ0) is 12.7. The van der Waals surface area contributed by atoms with Crippen LogP contribution in [-0.4, -0.2) is 32.5 Å². The van der Waals surface area contributed by atoms with Crippen molar-refractivity contribution in [2.24, 2.45) is 12.8 Å². The van der Waals surface area contributed by atoms with Crippen LogP contribution in [0.25, 0.3) is 10.3 Å². The van der Waals surface area contributed by atoms with E-state index in [4.69, 9.17) is 11.1 Å². The monoisotopic (exact) mass is 270 g/mol. The van der Waals surface area contributed by atoms with Gasteiger partial charge in [0, 0.05) is 30.0 Å². The van der Waals surface area contributed by atoms with Crippen LogP contribution in [0.4, 0.5) is 0 Å². The van der Waals surface area contributed by atoms with E-state index in [1.165, 1.54) is 22.2 Å². The molecule has 2 rings (SSSR count). The number of rotatable bonds is 3. The van der Waals surface area contributed by atoms with E-state index >= 15 is 0 Å². The Morgan fingerprint density at radius 2 is 2.35 bits per heavy atom. The maximum Gasteiger partial charge on any atom is 0.303 e. The maximum atomic E-state index is 11.3. The van der Waals surface area contributed by atoms with Crippen molar-refractivity contribution in [1.82, 2.24) is 9.55 Å². The summed E-state index contributed by atoms with van der Waals surface area (Å²) in [6.45, 7) is 0. The number of aryl methyl sites for hydroxylation is 1. The quantitative estimate of drug-likeness (QED) is 0.625. The molecule has 8 heteroatoms. The molecule has 0 fully saturated rings. The largest absolute Gasteiger partial charge is 0.610 e. The summed E-state index contributed by atoms with van der Waals surface area (Å²) < 4.78 is 14.0. The second-order valence-corrected chi connectivity index (χ2v) is 5.97. The third-order valence-corrected chi connectivity index (χ3v) is 4.78. The molecule has 0 aliphatic rings. The first-order chi connectivity index (χ1) is 7.97. The number of nitrogens with two attached hydrogens (primary N) is 1. The van der Waals surface area contributed by atoms with Gasteiger partial charge in [-0.1, -0.05) is 11.3 Å². The van der Waals surface area contributed by atoms with E-state index in [2.05, 4.69) is 4.98 Å². The van der Waals surface area contributed by atoms with Crippen LogP contribution in [0.3, 0.4) is 0 Å². The number of thiazole rings is 1. The Kier molecular flexibility index (Phi) is 2.94. The molecule has 1 atom stereocenters. The first kappa shape index (κ1) is 12.1. The predicted molar refractivity (Wildman–Crippen MR) is 67.3 cm³/mol. The topological polar surface area (TPSA) is 108 Å². The van der Waals surface area contributed by atoms with Crippen molar-refractivity contribution in [1.29, 1.82) is 5.41 Å². The lowest BCUT2D eigenvalue weighted by Crippen LogP contribution is -2.17. The van der Waals surface area contributed by atoms with E-state index in [-0.39, 0.29) is 5.69 Å². The second-order valence-electron chi connectivity index (χ2n) is 3.42. The molecule has 0 saturated carbocycles. The average Bonchev–Trinajstić information content (AvgIpc) is 2.76. The minimum Gasteiger partial charge on any atom is -0.610 e.